The van der Waals surface area contributed by atoms with Gasteiger partial charge in [0.05, 0.1) is 5.69 Å². The van der Waals surface area contributed by atoms with Gasteiger partial charge in [-0.1, -0.05) is 6.92 Å². The molecule has 2 rings (SSSR count). The second-order valence-electron chi connectivity index (χ2n) is 4.17. The van der Waals surface area contributed by atoms with E-state index in [0.29, 0.717) is 0 Å². The van der Waals surface area contributed by atoms with Crippen molar-refractivity contribution in [2.24, 2.45) is 11.7 Å². The molecule has 1 aromatic rings. The SMILES string of the molecule is CC1CCc2nc(C(C)N)cn2C1. The third-order valence-electron chi connectivity index (χ3n) is 2.71. The fourth-order valence-corrected chi connectivity index (χ4v) is 1.86. The van der Waals surface area contributed by atoms with Crippen molar-refractivity contribution in [3.8, 4) is 0 Å². The maximum Gasteiger partial charge on any atom is 0.109 e. The molecule has 1 aromatic heterocycles. The van der Waals surface area contributed by atoms with Gasteiger partial charge in [-0.2, -0.15) is 0 Å². The minimum absolute atomic E-state index is 0.0633. The van der Waals surface area contributed by atoms with E-state index in [0.717, 1.165) is 24.6 Å². The molecule has 2 N–H and O–H groups in total. The van der Waals surface area contributed by atoms with E-state index in [-0.39, 0.29) is 6.04 Å². The Balaban J connectivity index is 2.28. The first kappa shape index (κ1) is 8.75. The number of nitrogens with zero attached hydrogens (tertiary/aromatic N) is 2. The van der Waals surface area contributed by atoms with Crippen molar-refractivity contribution in [3.05, 3.63) is 17.7 Å². The molecule has 3 nitrogen and oxygen atoms in total. The summed E-state index contributed by atoms with van der Waals surface area (Å²) in [5.74, 6) is 1.99. The second kappa shape index (κ2) is 3.14. The Bertz CT molecular complexity index is 301. The molecule has 72 valence electrons. The third kappa shape index (κ3) is 1.61. The molecule has 1 aliphatic heterocycles. The molecular weight excluding hydrogens is 162 g/mol. The molecular formula is C10H17N3. The van der Waals surface area contributed by atoms with Crippen LogP contribution in [0.15, 0.2) is 6.20 Å². The Kier molecular flexibility index (Phi) is 2.12. The summed E-state index contributed by atoms with van der Waals surface area (Å²) in [4.78, 5) is 4.52. The van der Waals surface area contributed by atoms with E-state index in [1.165, 1.54) is 12.2 Å². The highest BCUT2D eigenvalue weighted by Crippen LogP contribution is 2.20. The van der Waals surface area contributed by atoms with Gasteiger partial charge in [0.15, 0.2) is 0 Å². The van der Waals surface area contributed by atoms with E-state index < -0.39 is 0 Å². The molecule has 0 aliphatic carbocycles. The molecule has 0 fully saturated rings. The van der Waals surface area contributed by atoms with Crippen LogP contribution in [0.1, 0.15) is 37.8 Å². The Morgan fingerprint density at radius 3 is 3.15 bits per heavy atom. The number of hydrogen-bond acceptors (Lipinski definition) is 2. The van der Waals surface area contributed by atoms with Gasteiger partial charge in [0.1, 0.15) is 5.82 Å². The van der Waals surface area contributed by atoms with Crippen LogP contribution in [0.3, 0.4) is 0 Å². The molecule has 1 aliphatic rings. The van der Waals surface area contributed by atoms with Crippen LogP contribution in [0.2, 0.25) is 0 Å². The summed E-state index contributed by atoms with van der Waals surface area (Å²) in [6.45, 7) is 5.38. The van der Waals surface area contributed by atoms with Crippen LogP contribution in [0.25, 0.3) is 0 Å². The number of imidazole rings is 1. The molecule has 0 bridgehead atoms. The van der Waals surface area contributed by atoms with Gasteiger partial charge in [-0.15, -0.1) is 0 Å². The Morgan fingerprint density at radius 2 is 2.46 bits per heavy atom. The first-order valence-corrected chi connectivity index (χ1v) is 4.98. The van der Waals surface area contributed by atoms with Crippen LogP contribution in [0, 0.1) is 5.92 Å². The third-order valence-corrected chi connectivity index (χ3v) is 2.71. The molecule has 0 radical (unpaired) electrons. The second-order valence-corrected chi connectivity index (χ2v) is 4.17. The lowest BCUT2D eigenvalue weighted by Crippen LogP contribution is -2.17. The average Bonchev–Trinajstić information content (AvgIpc) is 2.46. The molecule has 2 unspecified atom stereocenters. The predicted molar refractivity (Wildman–Crippen MR) is 52.3 cm³/mol. The van der Waals surface area contributed by atoms with Crippen LogP contribution >= 0.6 is 0 Å². The van der Waals surface area contributed by atoms with Crippen LogP contribution in [0.5, 0.6) is 0 Å². The number of aryl methyl sites for hydroxylation is 1. The number of fused-ring (bicyclic) bond motifs is 1. The van der Waals surface area contributed by atoms with E-state index in [4.69, 9.17) is 5.73 Å². The highest BCUT2D eigenvalue weighted by atomic mass is 15.1. The summed E-state index contributed by atoms with van der Waals surface area (Å²) in [6.07, 6.45) is 4.47. The molecule has 13 heavy (non-hydrogen) atoms. The number of nitrogens with two attached hydrogens (primary N) is 1. The number of rotatable bonds is 1. The van der Waals surface area contributed by atoms with Gasteiger partial charge < -0.3 is 10.3 Å². The van der Waals surface area contributed by atoms with E-state index in [2.05, 4.69) is 22.7 Å². The van der Waals surface area contributed by atoms with E-state index in [1.54, 1.807) is 0 Å². The maximum atomic E-state index is 5.78. The van der Waals surface area contributed by atoms with Crippen molar-refractivity contribution in [1.29, 1.82) is 0 Å². The zero-order valence-electron chi connectivity index (χ0n) is 8.33. The molecule has 0 saturated carbocycles. The van der Waals surface area contributed by atoms with Crippen molar-refractivity contribution in [2.45, 2.75) is 39.3 Å². The van der Waals surface area contributed by atoms with Gasteiger partial charge in [-0.05, 0) is 19.3 Å². The highest BCUT2D eigenvalue weighted by molar-refractivity contribution is 5.09. The summed E-state index contributed by atoms with van der Waals surface area (Å²) in [7, 11) is 0. The van der Waals surface area contributed by atoms with Gasteiger partial charge in [0, 0.05) is 25.2 Å². The lowest BCUT2D eigenvalue weighted by atomic mass is 10.0. The maximum absolute atomic E-state index is 5.78. The quantitative estimate of drug-likeness (QED) is 0.709. The highest BCUT2D eigenvalue weighted by Gasteiger charge is 2.17. The zero-order chi connectivity index (χ0) is 9.42. The summed E-state index contributed by atoms with van der Waals surface area (Å²) in [5.41, 5.74) is 6.82. The average molecular weight is 179 g/mol. The predicted octanol–water partition coefficient (Wildman–Crippen LogP) is 1.49. The van der Waals surface area contributed by atoms with Crippen molar-refractivity contribution in [2.75, 3.05) is 0 Å². The Labute approximate surface area is 79.0 Å². The fraction of sp³-hybridized carbons (Fsp3) is 0.700. The Morgan fingerprint density at radius 1 is 1.69 bits per heavy atom. The molecule has 0 aromatic carbocycles. The monoisotopic (exact) mass is 179 g/mol. The number of hydrogen-bond donors (Lipinski definition) is 1. The molecule has 0 saturated heterocycles. The standard InChI is InChI=1S/C10H17N3/c1-7-3-4-10-12-9(8(2)11)6-13(10)5-7/h6-8H,3-5,11H2,1-2H3. The first-order valence-electron chi connectivity index (χ1n) is 4.98. The summed E-state index contributed by atoms with van der Waals surface area (Å²) in [5, 5.41) is 0. The van der Waals surface area contributed by atoms with Crippen molar-refractivity contribution in [1.82, 2.24) is 9.55 Å². The zero-order valence-corrected chi connectivity index (χ0v) is 8.33. The minimum atomic E-state index is 0.0633. The van der Waals surface area contributed by atoms with Gasteiger partial charge in [0.25, 0.3) is 0 Å². The fourth-order valence-electron chi connectivity index (χ4n) is 1.86. The topological polar surface area (TPSA) is 43.8 Å². The van der Waals surface area contributed by atoms with Crippen molar-refractivity contribution < 1.29 is 0 Å². The van der Waals surface area contributed by atoms with Crippen molar-refractivity contribution >= 4 is 0 Å². The molecule has 3 heteroatoms. The molecule has 2 atom stereocenters. The molecule has 2 heterocycles. The number of aromatic nitrogens is 2. The van der Waals surface area contributed by atoms with E-state index in [1.807, 2.05) is 6.92 Å². The summed E-state index contributed by atoms with van der Waals surface area (Å²) >= 11 is 0. The Hall–Kier alpha value is -0.830. The molecule has 0 spiro atoms. The van der Waals surface area contributed by atoms with Crippen molar-refractivity contribution in [3.63, 3.8) is 0 Å². The lowest BCUT2D eigenvalue weighted by Gasteiger charge is -2.19. The van der Waals surface area contributed by atoms with Gasteiger partial charge >= 0.3 is 0 Å². The van der Waals surface area contributed by atoms with Gasteiger partial charge in [-0.25, -0.2) is 4.98 Å². The van der Waals surface area contributed by atoms with Gasteiger partial charge in [0.2, 0.25) is 0 Å². The normalized spacial score (nSPS) is 24.1. The lowest BCUT2D eigenvalue weighted by molar-refractivity contribution is 0.394. The smallest absolute Gasteiger partial charge is 0.109 e. The van der Waals surface area contributed by atoms with Crippen LogP contribution in [0.4, 0.5) is 0 Å². The molecule has 0 amide bonds. The van der Waals surface area contributed by atoms with Crippen LogP contribution in [-0.4, -0.2) is 9.55 Å². The van der Waals surface area contributed by atoms with Gasteiger partial charge in [-0.3, -0.25) is 0 Å². The van der Waals surface area contributed by atoms with Crippen LogP contribution < -0.4 is 5.73 Å². The van der Waals surface area contributed by atoms with E-state index >= 15 is 0 Å². The first-order chi connectivity index (χ1) is 6.16. The van der Waals surface area contributed by atoms with Crippen LogP contribution in [-0.2, 0) is 13.0 Å². The van der Waals surface area contributed by atoms with E-state index in [9.17, 15) is 0 Å². The minimum Gasteiger partial charge on any atom is -0.334 e. The largest absolute Gasteiger partial charge is 0.334 e. The summed E-state index contributed by atoms with van der Waals surface area (Å²) < 4.78 is 2.26. The summed E-state index contributed by atoms with van der Waals surface area (Å²) in [6, 6.07) is 0.0633.